The molecule has 0 aromatic heterocycles. The Morgan fingerprint density at radius 3 is 2.16 bits per heavy atom. The zero-order chi connectivity index (χ0) is 15.1. The van der Waals surface area contributed by atoms with Crippen LogP contribution < -0.4 is 0 Å². The van der Waals surface area contributed by atoms with Gasteiger partial charge in [-0.1, -0.05) is 20.4 Å². The first-order valence-electron chi connectivity index (χ1n) is 6.20. The minimum Gasteiger partial charge on any atom is -0.430 e. The second-order valence-corrected chi connectivity index (χ2v) is 5.14. The standard InChI is InChI=1S/C13H24O6/c1-8-11(16-18-12(14)15-10(4)5)17-19-13(6,7)9(2)3/h8-11H,1H2,2-7H3. The maximum Gasteiger partial charge on any atom is 0.540 e. The van der Waals surface area contributed by atoms with Gasteiger partial charge in [-0.15, -0.1) is 4.89 Å². The van der Waals surface area contributed by atoms with Gasteiger partial charge in [-0.05, 0) is 39.7 Å². The maximum absolute atomic E-state index is 11.1. The first-order valence-corrected chi connectivity index (χ1v) is 6.20. The van der Waals surface area contributed by atoms with E-state index in [0.717, 1.165) is 0 Å². The molecule has 1 atom stereocenters. The predicted molar refractivity (Wildman–Crippen MR) is 68.9 cm³/mol. The van der Waals surface area contributed by atoms with E-state index in [9.17, 15) is 4.79 Å². The van der Waals surface area contributed by atoms with Crippen molar-refractivity contribution in [2.24, 2.45) is 5.92 Å². The van der Waals surface area contributed by atoms with Gasteiger partial charge in [-0.2, -0.15) is 4.89 Å². The summed E-state index contributed by atoms with van der Waals surface area (Å²) >= 11 is 0. The van der Waals surface area contributed by atoms with Gasteiger partial charge in [0.15, 0.2) is 0 Å². The van der Waals surface area contributed by atoms with Crippen LogP contribution in [0.3, 0.4) is 0 Å². The van der Waals surface area contributed by atoms with Crippen LogP contribution in [-0.2, 0) is 24.3 Å². The Hall–Kier alpha value is -1.11. The highest BCUT2D eigenvalue weighted by Crippen LogP contribution is 2.21. The van der Waals surface area contributed by atoms with Crippen molar-refractivity contribution in [1.82, 2.24) is 0 Å². The molecule has 0 spiro atoms. The molecule has 0 radical (unpaired) electrons. The summed E-state index contributed by atoms with van der Waals surface area (Å²) in [5, 5.41) is 0. The molecule has 0 heterocycles. The van der Waals surface area contributed by atoms with Crippen LogP contribution in [0.1, 0.15) is 41.5 Å². The molecule has 0 bridgehead atoms. The Morgan fingerprint density at radius 1 is 1.16 bits per heavy atom. The van der Waals surface area contributed by atoms with Crippen LogP contribution >= 0.6 is 0 Å². The van der Waals surface area contributed by atoms with Gasteiger partial charge in [-0.3, -0.25) is 4.89 Å². The predicted octanol–water partition coefficient (Wildman–Crippen LogP) is 3.37. The summed E-state index contributed by atoms with van der Waals surface area (Å²) in [4.78, 5) is 30.4. The summed E-state index contributed by atoms with van der Waals surface area (Å²) in [6, 6.07) is 0. The first kappa shape index (κ1) is 17.9. The Bertz CT molecular complexity index is 285. The highest BCUT2D eigenvalue weighted by Gasteiger charge is 2.26. The van der Waals surface area contributed by atoms with E-state index in [1.54, 1.807) is 13.8 Å². The molecule has 6 heteroatoms. The Morgan fingerprint density at radius 2 is 1.74 bits per heavy atom. The molecule has 0 aromatic carbocycles. The lowest BCUT2D eigenvalue weighted by molar-refractivity contribution is -0.461. The minimum atomic E-state index is -1.03. The third-order valence-electron chi connectivity index (χ3n) is 2.48. The lowest BCUT2D eigenvalue weighted by atomic mass is 9.95. The molecule has 0 fully saturated rings. The fourth-order valence-corrected chi connectivity index (χ4v) is 0.661. The maximum atomic E-state index is 11.1. The molecule has 0 rings (SSSR count). The monoisotopic (exact) mass is 276 g/mol. The van der Waals surface area contributed by atoms with E-state index in [1.807, 2.05) is 27.7 Å². The molecule has 112 valence electrons. The van der Waals surface area contributed by atoms with Crippen molar-refractivity contribution in [2.45, 2.75) is 59.5 Å². The quantitative estimate of drug-likeness (QED) is 0.223. The molecule has 0 aliphatic carbocycles. The molecule has 0 amide bonds. The summed E-state index contributed by atoms with van der Waals surface area (Å²) in [5.41, 5.74) is -0.511. The lowest BCUT2D eigenvalue weighted by Crippen LogP contribution is -2.33. The van der Waals surface area contributed by atoms with Crippen LogP contribution in [0.25, 0.3) is 0 Å². The summed E-state index contributed by atoms with van der Waals surface area (Å²) < 4.78 is 4.71. The summed E-state index contributed by atoms with van der Waals surface area (Å²) in [5.74, 6) is 0.227. The summed E-state index contributed by atoms with van der Waals surface area (Å²) in [7, 11) is 0. The third kappa shape index (κ3) is 7.81. The highest BCUT2D eigenvalue weighted by atomic mass is 17.3. The third-order valence-corrected chi connectivity index (χ3v) is 2.48. The van der Waals surface area contributed by atoms with Crippen LogP contribution in [0, 0.1) is 5.92 Å². The van der Waals surface area contributed by atoms with E-state index in [2.05, 4.69) is 16.4 Å². The SMILES string of the molecule is C=CC(OOC(=O)OC(C)C)OOC(C)(C)C(C)C. The Balaban J connectivity index is 4.09. The molecule has 19 heavy (non-hydrogen) atoms. The summed E-state index contributed by atoms with van der Waals surface area (Å²) in [6.07, 6.45) is -0.986. The molecule has 6 nitrogen and oxygen atoms in total. The Labute approximate surface area is 114 Å². The molecule has 0 aliphatic rings. The summed E-state index contributed by atoms with van der Waals surface area (Å²) in [6.45, 7) is 14.6. The fraction of sp³-hybridized carbons (Fsp3) is 0.769. The number of rotatable bonds is 8. The van der Waals surface area contributed by atoms with Crippen molar-refractivity contribution in [3.05, 3.63) is 12.7 Å². The molecule has 0 N–H and O–H groups in total. The smallest absolute Gasteiger partial charge is 0.430 e. The van der Waals surface area contributed by atoms with Crippen molar-refractivity contribution in [1.29, 1.82) is 0 Å². The largest absolute Gasteiger partial charge is 0.540 e. The van der Waals surface area contributed by atoms with Crippen molar-refractivity contribution in [3.8, 4) is 0 Å². The lowest BCUT2D eigenvalue weighted by Gasteiger charge is -2.28. The van der Waals surface area contributed by atoms with Crippen LogP contribution in [0.4, 0.5) is 4.79 Å². The number of hydrogen-bond donors (Lipinski definition) is 0. The average Bonchev–Trinajstić information content (AvgIpc) is 2.27. The van der Waals surface area contributed by atoms with Gasteiger partial charge in [0, 0.05) is 0 Å². The van der Waals surface area contributed by atoms with Crippen LogP contribution in [0.5, 0.6) is 0 Å². The average molecular weight is 276 g/mol. The number of carbonyl (C=O) groups is 1. The second-order valence-electron chi connectivity index (χ2n) is 5.14. The van der Waals surface area contributed by atoms with E-state index < -0.39 is 18.0 Å². The van der Waals surface area contributed by atoms with Crippen molar-refractivity contribution in [2.75, 3.05) is 0 Å². The molecule has 0 saturated carbocycles. The highest BCUT2D eigenvalue weighted by molar-refractivity contribution is 5.59. The molecular weight excluding hydrogens is 252 g/mol. The number of hydrogen-bond acceptors (Lipinski definition) is 6. The van der Waals surface area contributed by atoms with E-state index in [1.165, 1.54) is 6.08 Å². The zero-order valence-electron chi connectivity index (χ0n) is 12.5. The molecule has 0 saturated heterocycles. The second kappa shape index (κ2) is 8.14. The molecule has 0 aliphatic heterocycles. The number of carbonyl (C=O) groups excluding carboxylic acids is 1. The fourth-order valence-electron chi connectivity index (χ4n) is 0.661. The van der Waals surface area contributed by atoms with Gasteiger partial charge in [0.2, 0.25) is 0 Å². The van der Waals surface area contributed by atoms with E-state index >= 15 is 0 Å². The van der Waals surface area contributed by atoms with Gasteiger partial charge in [0.05, 0.1) is 6.10 Å². The van der Waals surface area contributed by atoms with E-state index in [0.29, 0.717) is 0 Å². The van der Waals surface area contributed by atoms with E-state index in [4.69, 9.17) is 14.5 Å². The van der Waals surface area contributed by atoms with Gasteiger partial charge in [0.1, 0.15) is 5.60 Å². The van der Waals surface area contributed by atoms with Gasteiger partial charge < -0.3 is 4.74 Å². The van der Waals surface area contributed by atoms with Crippen molar-refractivity contribution >= 4 is 6.16 Å². The molecule has 1 unspecified atom stereocenters. The van der Waals surface area contributed by atoms with Gasteiger partial charge in [-0.25, -0.2) is 9.68 Å². The van der Waals surface area contributed by atoms with Gasteiger partial charge in [0.25, 0.3) is 6.29 Å². The van der Waals surface area contributed by atoms with Crippen LogP contribution in [0.2, 0.25) is 0 Å². The van der Waals surface area contributed by atoms with Crippen LogP contribution in [-0.4, -0.2) is 24.2 Å². The zero-order valence-corrected chi connectivity index (χ0v) is 12.5. The normalized spacial score (nSPS) is 13.5. The molecular formula is C13H24O6. The van der Waals surface area contributed by atoms with Crippen LogP contribution in [0.15, 0.2) is 12.7 Å². The number of ether oxygens (including phenoxy) is 1. The van der Waals surface area contributed by atoms with E-state index in [-0.39, 0.29) is 12.0 Å². The van der Waals surface area contributed by atoms with Gasteiger partial charge >= 0.3 is 6.16 Å². The molecule has 0 aromatic rings. The van der Waals surface area contributed by atoms with Crippen molar-refractivity contribution in [3.63, 3.8) is 0 Å². The Kier molecular flexibility index (Phi) is 7.66. The first-order chi connectivity index (χ1) is 8.69. The van der Waals surface area contributed by atoms with Crippen molar-refractivity contribution < 1.29 is 29.1 Å². The topological polar surface area (TPSA) is 63.2 Å². The minimum absolute atomic E-state index is 0.227.